The third kappa shape index (κ3) is 4.90. The van der Waals surface area contributed by atoms with Crippen molar-refractivity contribution < 1.29 is 14.3 Å². The monoisotopic (exact) mass is 413 g/mol. The zero-order valence-corrected chi connectivity index (χ0v) is 17.6. The predicted molar refractivity (Wildman–Crippen MR) is 112 cm³/mol. The van der Waals surface area contributed by atoms with Gasteiger partial charge in [-0.05, 0) is 55.3 Å². The molecule has 1 N–H and O–H groups in total. The lowest BCUT2D eigenvalue weighted by atomic mass is 10.1. The Morgan fingerprint density at radius 2 is 2.00 bits per heavy atom. The molecule has 29 heavy (non-hydrogen) atoms. The van der Waals surface area contributed by atoms with Crippen molar-refractivity contribution in [3.63, 3.8) is 0 Å². The standard InChI is InChI=1S/C22H24ClN3O3/c1-14-12-18(8-9-19(14)23)29-15(2)22(27)25-20(21-24-10-11-26(21)3)16-6-5-7-17(13-16)28-4/h5-13,15,20H,1-4H3,(H,25,27). The van der Waals surface area contributed by atoms with Crippen LogP contribution in [0.5, 0.6) is 11.5 Å². The fourth-order valence-corrected chi connectivity index (χ4v) is 3.10. The van der Waals surface area contributed by atoms with Crippen molar-refractivity contribution >= 4 is 17.5 Å². The summed E-state index contributed by atoms with van der Waals surface area (Å²) in [6.07, 6.45) is 2.83. The van der Waals surface area contributed by atoms with Crippen LogP contribution in [0.4, 0.5) is 0 Å². The van der Waals surface area contributed by atoms with E-state index in [0.717, 1.165) is 11.1 Å². The number of benzene rings is 2. The van der Waals surface area contributed by atoms with E-state index in [0.29, 0.717) is 22.3 Å². The molecule has 0 fully saturated rings. The molecule has 0 aliphatic carbocycles. The molecule has 0 spiro atoms. The van der Waals surface area contributed by atoms with Crippen LogP contribution in [0.15, 0.2) is 54.9 Å². The smallest absolute Gasteiger partial charge is 0.261 e. The minimum atomic E-state index is -0.705. The number of amides is 1. The van der Waals surface area contributed by atoms with Crippen molar-refractivity contribution in [2.45, 2.75) is 26.0 Å². The van der Waals surface area contributed by atoms with Gasteiger partial charge in [0.2, 0.25) is 0 Å². The summed E-state index contributed by atoms with van der Waals surface area (Å²) in [5.41, 5.74) is 1.75. The third-order valence-corrected chi connectivity index (χ3v) is 5.07. The van der Waals surface area contributed by atoms with Crippen molar-refractivity contribution in [1.29, 1.82) is 0 Å². The van der Waals surface area contributed by atoms with E-state index in [9.17, 15) is 4.79 Å². The minimum absolute atomic E-state index is 0.256. The van der Waals surface area contributed by atoms with Gasteiger partial charge in [0.05, 0.1) is 7.11 Å². The maximum Gasteiger partial charge on any atom is 0.261 e. The molecule has 3 aromatic rings. The number of carbonyl (C=O) groups is 1. The van der Waals surface area contributed by atoms with Gasteiger partial charge in [0.15, 0.2) is 6.10 Å². The summed E-state index contributed by atoms with van der Waals surface area (Å²) in [6, 6.07) is 12.4. The van der Waals surface area contributed by atoms with Crippen LogP contribution in [-0.2, 0) is 11.8 Å². The highest BCUT2D eigenvalue weighted by molar-refractivity contribution is 6.31. The first kappa shape index (κ1) is 20.7. The molecule has 3 rings (SSSR count). The Hall–Kier alpha value is -2.99. The molecule has 0 aliphatic heterocycles. The lowest BCUT2D eigenvalue weighted by Crippen LogP contribution is -2.39. The van der Waals surface area contributed by atoms with Crippen molar-refractivity contribution in [2.75, 3.05) is 7.11 Å². The second-order valence-electron chi connectivity index (χ2n) is 6.79. The van der Waals surface area contributed by atoms with Gasteiger partial charge < -0.3 is 19.4 Å². The van der Waals surface area contributed by atoms with Crippen molar-refractivity contribution in [1.82, 2.24) is 14.9 Å². The quantitative estimate of drug-likeness (QED) is 0.634. The largest absolute Gasteiger partial charge is 0.497 e. The van der Waals surface area contributed by atoms with Crippen LogP contribution in [0.2, 0.25) is 5.02 Å². The Labute approximate surface area is 175 Å². The molecule has 6 nitrogen and oxygen atoms in total. The van der Waals surface area contributed by atoms with Gasteiger partial charge >= 0.3 is 0 Å². The molecule has 2 unspecified atom stereocenters. The van der Waals surface area contributed by atoms with E-state index in [-0.39, 0.29) is 5.91 Å². The number of methoxy groups -OCH3 is 1. The second-order valence-corrected chi connectivity index (χ2v) is 7.19. The van der Waals surface area contributed by atoms with E-state index in [1.165, 1.54) is 0 Å². The van der Waals surface area contributed by atoms with Crippen LogP contribution in [0.3, 0.4) is 0 Å². The number of aryl methyl sites for hydroxylation is 2. The maximum absolute atomic E-state index is 12.9. The summed E-state index contributed by atoms with van der Waals surface area (Å²) >= 11 is 6.06. The number of ether oxygens (including phenoxy) is 2. The highest BCUT2D eigenvalue weighted by atomic mass is 35.5. The van der Waals surface area contributed by atoms with E-state index in [1.807, 2.05) is 55.1 Å². The molecule has 152 valence electrons. The van der Waals surface area contributed by atoms with Crippen LogP contribution >= 0.6 is 11.6 Å². The summed E-state index contributed by atoms with van der Waals surface area (Å²) in [6.45, 7) is 3.60. The molecule has 1 aromatic heterocycles. The summed E-state index contributed by atoms with van der Waals surface area (Å²) in [5, 5.41) is 3.70. The molecule has 2 aromatic carbocycles. The Morgan fingerprint density at radius 1 is 1.21 bits per heavy atom. The summed E-state index contributed by atoms with van der Waals surface area (Å²) in [5.74, 6) is 1.75. The lowest BCUT2D eigenvalue weighted by Gasteiger charge is -2.22. The highest BCUT2D eigenvalue weighted by Crippen LogP contribution is 2.25. The number of nitrogens with zero attached hydrogens (tertiary/aromatic N) is 2. The summed E-state index contributed by atoms with van der Waals surface area (Å²) in [7, 11) is 3.50. The molecular formula is C22H24ClN3O3. The Kier molecular flexibility index (Phi) is 6.44. The maximum atomic E-state index is 12.9. The van der Waals surface area contributed by atoms with Crippen LogP contribution < -0.4 is 14.8 Å². The molecule has 0 radical (unpaired) electrons. The number of hydrogen-bond donors (Lipinski definition) is 1. The minimum Gasteiger partial charge on any atom is -0.497 e. The van der Waals surface area contributed by atoms with Crippen LogP contribution in [-0.4, -0.2) is 28.7 Å². The van der Waals surface area contributed by atoms with Crippen LogP contribution in [0, 0.1) is 6.92 Å². The zero-order chi connectivity index (χ0) is 21.0. The predicted octanol–water partition coefficient (Wildman–Crippen LogP) is 4.06. The molecule has 0 aliphatic rings. The van der Waals surface area contributed by atoms with Crippen LogP contribution in [0.25, 0.3) is 0 Å². The van der Waals surface area contributed by atoms with Gasteiger partial charge in [-0.1, -0.05) is 23.7 Å². The van der Waals surface area contributed by atoms with E-state index in [4.69, 9.17) is 21.1 Å². The Bertz CT molecular complexity index is 1000. The van der Waals surface area contributed by atoms with E-state index >= 15 is 0 Å². The number of nitrogens with one attached hydrogen (secondary N) is 1. The Morgan fingerprint density at radius 3 is 2.66 bits per heavy atom. The van der Waals surface area contributed by atoms with E-state index in [1.54, 1.807) is 32.4 Å². The van der Waals surface area contributed by atoms with Crippen molar-refractivity contribution in [2.24, 2.45) is 7.05 Å². The van der Waals surface area contributed by atoms with Gasteiger partial charge in [0.25, 0.3) is 5.91 Å². The number of rotatable bonds is 7. The van der Waals surface area contributed by atoms with Crippen LogP contribution in [0.1, 0.15) is 29.9 Å². The number of carbonyl (C=O) groups excluding carboxylic acids is 1. The number of hydrogen-bond acceptors (Lipinski definition) is 4. The summed E-state index contributed by atoms with van der Waals surface area (Å²) in [4.78, 5) is 17.3. The van der Waals surface area contributed by atoms with E-state index < -0.39 is 12.1 Å². The van der Waals surface area contributed by atoms with Gasteiger partial charge in [-0.2, -0.15) is 0 Å². The van der Waals surface area contributed by atoms with Gasteiger partial charge in [0.1, 0.15) is 23.4 Å². The zero-order valence-electron chi connectivity index (χ0n) is 16.8. The van der Waals surface area contributed by atoms with Crippen molar-refractivity contribution in [3.8, 4) is 11.5 Å². The second kappa shape index (κ2) is 9.01. The number of aromatic nitrogens is 2. The lowest BCUT2D eigenvalue weighted by molar-refractivity contribution is -0.127. The van der Waals surface area contributed by atoms with Gasteiger partial charge in [-0.15, -0.1) is 0 Å². The van der Waals surface area contributed by atoms with E-state index in [2.05, 4.69) is 10.3 Å². The van der Waals surface area contributed by atoms with Gasteiger partial charge in [-0.3, -0.25) is 4.79 Å². The average Bonchev–Trinajstić information content (AvgIpc) is 3.14. The fourth-order valence-electron chi connectivity index (χ4n) is 2.98. The average molecular weight is 414 g/mol. The molecule has 1 heterocycles. The molecule has 0 saturated heterocycles. The third-order valence-electron chi connectivity index (χ3n) is 4.64. The highest BCUT2D eigenvalue weighted by Gasteiger charge is 2.25. The van der Waals surface area contributed by atoms with Gasteiger partial charge in [-0.25, -0.2) is 4.98 Å². The molecule has 7 heteroatoms. The molecule has 1 amide bonds. The molecular weight excluding hydrogens is 390 g/mol. The van der Waals surface area contributed by atoms with Gasteiger partial charge in [0, 0.05) is 24.5 Å². The number of imidazole rings is 1. The molecule has 0 bridgehead atoms. The SMILES string of the molecule is COc1cccc(C(NC(=O)C(C)Oc2ccc(Cl)c(C)c2)c2nccn2C)c1. The summed E-state index contributed by atoms with van der Waals surface area (Å²) < 4.78 is 13.0. The molecule has 0 saturated carbocycles. The van der Waals surface area contributed by atoms with Crippen molar-refractivity contribution in [3.05, 3.63) is 76.8 Å². The normalized spacial score (nSPS) is 12.9. The number of halogens is 1. The first-order valence-electron chi connectivity index (χ1n) is 9.23. The molecule has 2 atom stereocenters. The first-order chi connectivity index (χ1) is 13.9. The Balaban J connectivity index is 1.82. The first-order valence-corrected chi connectivity index (χ1v) is 9.61. The fraction of sp³-hybridized carbons (Fsp3) is 0.273. The topological polar surface area (TPSA) is 65.4 Å².